The van der Waals surface area contributed by atoms with E-state index in [-0.39, 0.29) is 12.2 Å². The molecule has 0 atom stereocenters. The van der Waals surface area contributed by atoms with Crippen LogP contribution in [0.25, 0.3) is 17.2 Å². The van der Waals surface area contributed by atoms with Crippen molar-refractivity contribution in [3.8, 4) is 17.2 Å². The Morgan fingerprint density at radius 1 is 1.30 bits per heavy atom. The number of hydrogen-bond acceptors (Lipinski definition) is 6. The molecule has 0 fully saturated rings. The Bertz CT molecular complexity index is 792. The Morgan fingerprint density at radius 3 is 2.91 bits per heavy atom. The molecule has 23 heavy (non-hydrogen) atoms. The fourth-order valence-corrected chi connectivity index (χ4v) is 1.86. The smallest absolute Gasteiger partial charge is 0.228 e. The largest absolute Gasteiger partial charge is 0.310 e. The third-order valence-corrected chi connectivity index (χ3v) is 2.87. The minimum absolute atomic E-state index is 0.231. The van der Waals surface area contributed by atoms with Crippen molar-refractivity contribution >= 4 is 11.7 Å². The fourth-order valence-electron chi connectivity index (χ4n) is 1.86. The summed E-state index contributed by atoms with van der Waals surface area (Å²) >= 11 is 0. The molecular formula is C14H12FN7O. The van der Waals surface area contributed by atoms with E-state index < -0.39 is 12.6 Å². The van der Waals surface area contributed by atoms with Gasteiger partial charge in [0.15, 0.2) is 11.6 Å². The maximum absolute atomic E-state index is 12.3. The van der Waals surface area contributed by atoms with Crippen molar-refractivity contribution in [1.82, 2.24) is 29.7 Å². The summed E-state index contributed by atoms with van der Waals surface area (Å²) in [5.41, 5.74) is 0.676. The van der Waals surface area contributed by atoms with E-state index in [4.69, 9.17) is 0 Å². The number of alkyl halides is 1. The molecule has 0 unspecified atom stereocenters. The molecular weight excluding hydrogens is 301 g/mol. The molecule has 0 spiro atoms. The van der Waals surface area contributed by atoms with E-state index >= 15 is 0 Å². The highest BCUT2D eigenvalue weighted by atomic mass is 19.1. The quantitative estimate of drug-likeness (QED) is 0.765. The minimum atomic E-state index is -0.734. The molecule has 1 amide bonds. The van der Waals surface area contributed by atoms with Gasteiger partial charge < -0.3 is 5.32 Å². The van der Waals surface area contributed by atoms with Crippen LogP contribution in [-0.4, -0.2) is 42.3 Å². The normalized spacial score (nSPS) is 10.5. The van der Waals surface area contributed by atoms with Crippen LogP contribution in [0.2, 0.25) is 0 Å². The lowest BCUT2D eigenvalue weighted by Crippen LogP contribution is -2.14. The van der Waals surface area contributed by atoms with Crippen molar-refractivity contribution in [2.75, 3.05) is 12.0 Å². The predicted molar refractivity (Wildman–Crippen MR) is 79.4 cm³/mol. The van der Waals surface area contributed by atoms with Crippen LogP contribution in [0.1, 0.15) is 6.42 Å². The molecule has 0 aliphatic carbocycles. The van der Waals surface area contributed by atoms with E-state index in [1.807, 2.05) is 0 Å². The molecule has 116 valence electrons. The van der Waals surface area contributed by atoms with Gasteiger partial charge in [-0.05, 0) is 12.1 Å². The molecule has 1 N–H and O–H groups in total. The van der Waals surface area contributed by atoms with Gasteiger partial charge in [-0.15, -0.1) is 0 Å². The Hall–Kier alpha value is -3.23. The zero-order chi connectivity index (χ0) is 16.1. The third kappa shape index (κ3) is 3.51. The minimum Gasteiger partial charge on any atom is -0.310 e. The number of hydrogen-bond donors (Lipinski definition) is 1. The molecule has 8 nitrogen and oxygen atoms in total. The summed E-state index contributed by atoms with van der Waals surface area (Å²) < 4.78 is 13.7. The highest BCUT2D eigenvalue weighted by molar-refractivity contribution is 5.90. The second-order valence-electron chi connectivity index (χ2n) is 4.50. The second-order valence-corrected chi connectivity index (χ2v) is 4.50. The van der Waals surface area contributed by atoms with Crippen molar-refractivity contribution < 1.29 is 9.18 Å². The Kier molecular flexibility index (Phi) is 4.27. The average Bonchev–Trinajstić information content (AvgIpc) is 3.10. The number of rotatable bonds is 5. The number of carbonyl (C=O) groups is 1. The lowest BCUT2D eigenvalue weighted by atomic mass is 10.2. The van der Waals surface area contributed by atoms with Crippen LogP contribution in [0.5, 0.6) is 0 Å². The summed E-state index contributed by atoms with van der Waals surface area (Å²) in [4.78, 5) is 28.1. The van der Waals surface area contributed by atoms with Crippen molar-refractivity contribution in [3.63, 3.8) is 0 Å². The van der Waals surface area contributed by atoms with E-state index in [2.05, 4.69) is 30.4 Å². The number of anilines is 1. The second kappa shape index (κ2) is 6.69. The molecule has 3 heterocycles. The summed E-state index contributed by atoms with van der Waals surface area (Å²) in [5, 5.41) is 6.55. The number of nitrogens with one attached hydrogen (secondary N) is 1. The van der Waals surface area contributed by atoms with Crippen molar-refractivity contribution in [3.05, 3.63) is 43.2 Å². The number of carbonyl (C=O) groups excluding carboxylic acids is 1. The lowest BCUT2D eigenvalue weighted by molar-refractivity contribution is -0.116. The van der Waals surface area contributed by atoms with Crippen molar-refractivity contribution in [2.24, 2.45) is 0 Å². The molecule has 0 bridgehead atoms. The number of amides is 1. The van der Waals surface area contributed by atoms with Crippen molar-refractivity contribution in [2.45, 2.75) is 6.42 Å². The molecule has 0 saturated carbocycles. The first kappa shape index (κ1) is 14.7. The van der Waals surface area contributed by atoms with Crippen molar-refractivity contribution in [1.29, 1.82) is 0 Å². The van der Waals surface area contributed by atoms with Gasteiger partial charge in [0.25, 0.3) is 0 Å². The Morgan fingerprint density at radius 2 is 2.22 bits per heavy atom. The topological polar surface area (TPSA) is 98.5 Å². The van der Waals surface area contributed by atoms with Gasteiger partial charge in [0.05, 0.1) is 13.1 Å². The Balaban J connectivity index is 2.02. The van der Waals surface area contributed by atoms with Crippen LogP contribution in [0.3, 0.4) is 0 Å². The van der Waals surface area contributed by atoms with E-state index in [9.17, 15) is 9.18 Å². The monoisotopic (exact) mass is 313 g/mol. The van der Waals surface area contributed by atoms with Crippen LogP contribution < -0.4 is 5.32 Å². The van der Waals surface area contributed by atoms with Gasteiger partial charge in [0.1, 0.15) is 18.5 Å². The summed E-state index contributed by atoms with van der Waals surface area (Å²) in [6.45, 7) is -0.734. The van der Waals surface area contributed by atoms with E-state index in [0.29, 0.717) is 17.2 Å². The number of nitrogens with zero attached hydrogens (tertiary/aromatic N) is 6. The van der Waals surface area contributed by atoms with Gasteiger partial charge in [-0.1, -0.05) is 0 Å². The third-order valence-electron chi connectivity index (χ3n) is 2.87. The van der Waals surface area contributed by atoms with Crippen LogP contribution in [0.4, 0.5) is 10.2 Å². The molecule has 9 heteroatoms. The van der Waals surface area contributed by atoms with Gasteiger partial charge in [-0.25, -0.2) is 19.6 Å². The first-order valence-electron chi connectivity index (χ1n) is 6.76. The Labute approximate surface area is 130 Å². The summed E-state index contributed by atoms with van der Waals surface area (Å²) in [7, 11) is 0. The molecule has 0 radical (unpaired) electrons. The fraction of sp³-hybridized carbons (Fsp3) is 0.143. The van der Waals surface area contributed by atoms with E-state index in [0.717, 1.165) is 0 Å². The molecule has 0 aliphatic heterocycles. The maximum atomic E-state index is 12.3. The van der Waals surface area contributed by atoms with Gasteiger partial charge in [0, 0.05) is 24.0 Å². The number of aromatic nitrogens is 6. The molecule has 0 aromatic carbocycles. The number of halogens is 1. The number of pyridine rings is 1. The molecule has 0 saturated heterocycles. The summed E-state index contributed by atoms with van der Waals surface area (Å²) in [6, 6.07) is 5.08. The summed E-state index contributed by atoms with van der Waals surface area (Å²) in [5.74, 6) is 0.573. The molecule has 3 rings (SSSR count). The van der Waals surface area contributed by atoms with Crippen LogP contribution in [0.15, 0.2) is 43.2 Å². The standard InChI is InChI=1S/C14H12FN7O/c15-4-3-13(23)19-11-6-12(22-9-17-8-18-22)21-14(20-11)10-2-1-5-16-7-10/h1-2,5-9H,3-4H2,(H,19,20,21,23). The van der Waals surface area contributed by atoms with Gasteiger partial charge in [-0.3, -0.25) is 14.2 Å². The molecule has 3 aromatic rings. The SMILES string of the molecule is O=C(CCF)Nc1cc(-n2cncn2)nc(-c2cccnc2)n1. The zero-order valence-electron chi connectivity index (χ0n) is 11.9. The van der Waals surface area contributed by atoms with Crippen LogP contribution in [0, 0.1) is 0 Å². The first-order chi connectivity index (χ1) is 11.3. The van der Waals surface area contributed by atoms with E-state index in [1.54, 1.807) is 24.5 Å². The zero-order valence-corrected chi connectivity index (χ0v) is 11.9. The highest BCUT2D eigenvalue weighted by Crippen LogP contribution is 2.18. The van der Waals surface area contributed by atoms with E-state index in [1.165, 1.54) is 23.4 Å². The molecule has 3 aromatic heterocycles. The maximum Gasteiger partial charge on any atom is 0.228 e. The van der Waals surface area contributed by atoms with Crippen LogP contribution >= 0.6 is 0 Å². The first-order valence-corrected chi connectivity index (χ1v) is 6.76. The molecule has 0 aliphatic rings. The van der Waals surface area contributed by atoms with Gasteiger partial charge in [-0.2, -0.15) is 5.10 Å². The summed E-state index contributed by atoms with van der Waals surface area (Å²) in [6.07, 6.45) is 5.85. The van der Waals surface area contributed by atoms with Crippen LogP contribution in [-0.2, 0) is 4.79 Å². The lowest BCUT2D eigenvalue weighted by Gasteiger charge is -2.08. The van der Waals surface area contributed by atoms with Gasteiger partial charge in [0.2, 0.25) is 5.91 Å². The van der Waals surface area contributed by atoms with Gasteiger partial charge >= 0.3 is 0 Å². The predicted octanol–water partition coefficient (Wildman–Crippen LogP) is 1.42. The highest BCUT2D eigenvalue weighted by Gasteiger charge is 2.11. The average molecular weight is 313 g/mol.